The lowest BCUT2D eigenvalue weighted by Crippen LogP contribution is -2.43. The van der Waals surface area contributed by atoms with E-state index < -0.39 is 27.8 Å². The molecule has 1 saturated heterocycles. The fourth-order valence-electron chi connectivity index (χ4n) is 3.57. The predicted octanol–water partition coefficient (Wildman–Crippen LogP) is 3.28. The van der Waals surface area contributed by atoms with Crippen LogP contribution in [0, 0.1) is 19.7 Å². The number of anilines is 1. The lowest BCUT2D eigenvalue weighted by molar-refractivity contribution is -0.119. The zero-order chi connectivity index (χ0) is 22.2. The molecule has 4 rings (SSSR count). The van der Waals surface area contributed by atoms with E-state index >= 15 is 0 Å². The van der Waals surface area contributed by atoms with Crippen molar-refractivity contribution >= 4 is 21.9 Å². The van der Waals surface area contributed by atoms with Gasteiger partial charge in [-0.1, -0.05) is 22.8 Å². The minimum absolute atomic E-state index is 0.0661. The number of sulfonamides is 1. The number of hydrogen-bond donors (Lipinski definition) is 1. The minimum Gasteiger partial charge on any atom is -0.403 e. The molecule has 1 aliphatic heterocycles. The lowest BCUT2D eigenvalue weighted by atomic mass is 10.1. The van der Waals surface area contributed by atoms with Crippen LogP contribution in [0.2, 0.25) is 0 Å². The van der Waals surface area contributed by atoms with Gasteiger partial charge in [-0.25, -0.2) is 12.8 Å². The van der Waals surface area contributed by atoms with Crippen LogP contribution in [0.5, 0.6) is 0 Å². The van der Waals surface area contributed by atoms with Crippen molar-refractivity contribution in [1.29, 1.82) is 0 Å². The second-order valence-corrected chi connectivity index (χ2v) is 9.34. The summed E-state index contributed by atoms with van der Waals surface area (Å²) in [7, 11) is -3.95. The zero-order valence-electron chi connectivity index (χ0n) is 17.0. The number of nitrogens with zero attached hydrogens (tertiary/aromatic N) is 3. The molecular formula is C21H21FN4O4S. The first-order valence-corrected chi connectivity index (χ1v) is 11.2. The molecule has 3 aromatic rings. The second kappa shape index (κ2) is 8.20. The number of carbonyl (C=O) groups is 1. The molecule has 1 amide bonds. The van der Waals surface area contributed by atoms with E-state index in [9.17, 15) is 17.6 Å². The summed E-state index contributed by atoms with van der Waals surface area (Å²) in [6, 6.07) is 9.30. The summed E-state index contributed by atoms with van der Waals surface area (Å²) in [4.78, 5) is 12.8. The van der Waals surface area contributed by atoms with Crippen molar-refractivity contribution in [3.05, 3.63) is 59.4 Å². The van der Waals surface area contributed by atoms with Gasteiger partial charge >= 0.3 is 6.01 Å². The lowest BCUT2D eigenvalue weighted by Gasteiger charge is -2.22. The third-order valence-electron chi connectivity index (χ3n) is 5.21. The highest BCUT2D eigenvalue weighted by Crippen LogP contribution is 2.28. The molecule has 1 aliphatic rings. The van der Waals surface area contributed by atoms with Gasteiger partial charge in [0.15, 0.2) is 0 Å². The van der Waals surface area contributed by atoms with E-state index in [0.717, 1.165) is 33.1 Å². The van der Waals surface area contributed by atoms with Crippen molar-refractivity contribution in [2.75, 3.05) is 11.9 Å². The van der Waals surface area contributed by atoms with Gasteiger partial charge in [0.2, 0.25) is 21.8 Å². The van der Waals surface area contributed by atoms with E-state index in [0.29, 0.717) is 12.8 Å². The standard InChI is InChI=1S/C21H21FN4O4S/c1-13-5-6-14(2)17(12-13)20-24-25-21(30-20)23-19(27)18-4-3-11-26(18)31(28,29)16-9-7-15(22)8-10-16/h5-10,12,18H,3-4,11H2,1-2H3,(H,23,25,27). The Kier molecular flexibility index (Phi) is 5.59. The first-order chi connectivity index (χ1) is 14.8. The van der Waals surface area contributed by atoms with E-state index in [1.165, 1.54) is 12.1 Å². The van der Waals surface area contributed by atoms with Crippen molar-refractivity contribution < 1.29 is 22.0 Å². The van der Waals surface area contributed by atoms with Gasteiger partial charge in [0.25, 0.3) is 0 Å². The van der Waals surface area contributed by atoms with E-state index in [-0.39, 0.29) is 23.3 Å². The van der Waals surface area contributed by atoms with Gasteiger partial charge in [0, 0.05) is 12.1 Å². The van der Waals surface area contributed by atoms with E-state index in [1.54, 1.807) is 0 Å². The topological polar surface area (TPSA) is 105 Å². The number of hydrogen-bond acceptors (Lipinski definition) is 6. The van der Waals surface area contributed by atoms with Gasteiger partial charge < -0.3 is 4.42 Å². The molecule has 0 radical (unpaired) electrons. The Labute approximate surface area is 179 Å². The predicted molar refractivity (Wildman–Crippen MR) is 111 cm³/mol. The zero-order valence-corrected chi connectivity index (χ0v) is 17.8. The second-order valence-electron chi connectivity index (χ2n) is 7.45. The van der Waals surface area contributed by atoms with Crippen LogP contribution in [0.3, 0.4) is 0 Å². The van der Waals surface area contributed by atoms with Gasteiger partial charge in [-0.3, -0.25) is 10.1 Å². The summed E-state index contributed by atoms with van der Waals surface area (Å²) in [5.74, 6) is -0.830. The Morgan fingerprint density at radius 2 is 1.90 bits per heavy atom. The molecule has 1 atom stereocenters. The van der Waals surface area contributed by atoms with Crippen molar-refractivity contribution in [2.24, 2.45) is 0 Å². The number of halogens is 1. The average molecular weight is 444 g/mol. The van der Waals surface area contributed by atoms with Crippen LogP contribution in [-0.4, -0.2) is 41.4 Å². The van der Waals surface area contributed by atoms with Crippen molar-refractivity contribution in [3.8, 4) is 11.5 Å². The molecule has 0 aliphatic carbocycles. The van der Waals surface area contributed by atoms with Crippen LogP contribution in [-0.2, 0) is 14.8 Å². The normalized spacial score (nSPS) is 17.1. The molecule has 2 heterocycles. The Hall–Kier alpha value is -3.11. The van der Waals surface area contributed by atoms with Crippen molar-refractivity contribution in [2.45, 2.75) is 37.6 Å². The molecule has 8 nitrogen and oxygen atoms in total. The summed E-state index contributed by atoms with van der Waals surface area (Å²) >= 11 is 0. The highest BCUT2D eigenvalue weighted by atomic mass is 32.2. The summed E-state index contributed by atoms with van der Waals surface area (Å²) in [5, 5.41) is 10.4. The van der Waals surface area contributed by atoms with Gasteiger partial charge in [-0.05, 0) is 62.6 Å². The molecule has 162 valence electrons. The number of rotatable bonds is 5. The monoisotopic (exact) mass is 444 g/mol. The maximum Gasteiger partial charge on any atom is 0.322 e. The number of amides is 1. The van der Waals surface area contributed by atoms with Crippen LogP contribution in [0.1, 0.15) is 24.0 Å². The molecule has 31 heavy (non-hydrogen) atoms. The minimum atomic E-state index is -3.95. The molecule has 0 spiro atoms. The van der Waals surface area contributed by atoms with Gasteiger partial charge in [0.05, 0.1) is 4.90 Å². The Balaban J connectivity index is 1.53. The number of carbonyl (C=O) groups excluding carboxylic acids is 1. The Morgan fingerprint density at radius 3 is 2.65 bits per heavy atom. The molecule has 1 N–H and O–H groups in total. The molecule has 1 fully saturated rings. The van der Waals surface area contributed by atoms with Gasteiger partial charge in [-0.15, -0.1) is 5.10 Å². The Morgan fingerprint density at radius 1 is 1.16 bits per heavy atom. The maximum atomic E-state index is 13.2. The number of nitrogens with one attached hydrogen (secondary N) is 1. The molecule has 1 aromatic heterocycles. The molecule has 10 heteroatoms. The molecule has 0 bridgehead atoms. The molecule has 0 saturated carbocycles. The fourth-order valence-corrected chi connectivity index (χ4v) is 5.23. The number of aromatic nitrogens is 2. The molecular weight excluding hydrogens is 423 g/mol. The summed E-state index contributed by atoms with van der Waals surface area (Å²) in [6.07, 6.45) is 0.875. The third-order valence-corrected chi connectivity index (χ3v) is 7.13. The average Bonchev–Trinajstić information content (AvgIpc) is 3.40. The summed E-state index contributed by atoms with van der Waals surface area (Å²) in [6.45, 7) is 4.04. The van der Waals surface area contributed by atoms with Gasteiger partial charge in [-0.2, -0.15) is 4.31 Å². The van der Waals surface area contributed by atoms with Crippen LogP contribution in [0.4, 0.5) is 10.4 Å². The van der Waals surface area contributed by atoms with E-state index in [4.69, 9.17) is 4.42 Å². The Bertz CT molecular complexity index is 1220. The number of aryl methyl sites for hydroxylation is 2. The van der Waals surface area contributed by atoms with Crippen LogP contribution >= 0.6 is 0 Å². The highest BCUT2D eigenvalue weighted by molar-refractivity contribution is 7.89. The van der Waals surface area contributed by atoms with Crippen LogP contribution in [0.25, 0.3) is 11.5 Å². The summed E-state index contributed by atoms with van der Waals surface area (Å²) in [5.41, 5.74) is 2.73. The van der Waals surface area contributed by atoms with Gasteiger partial charge in [0.1, 0.15) is 11.9 Å². The first kappa shape index (κ1) is 21.1. The summed E-state index contributed by atoms with van der Waals surface area (Å²) < 4.78 is 45.8. The first-order valence-electron chi connectivity index (χ1n) is 9.75. The van der Waals surface area contributed by atoms with E-state index in [1.807, 2.05) is 32.0 Å². The number of benzene rings is 2. The SMILES string of the molecule is Cc1ccc(C)c(-c2nnc(NC(=O)C3CCCN3S(=O)(=O)c3ccc(F)cc3)o2)c1. The quantitative estimate of drug-likeness (QED) is 0.647. The van der Waals surface area contributed by atoms with Crippen molar-refractivity contribution in [1.82, 2.24) is 14.5 Å². The largest absolute Gasteiger partial charge is 0.403 e. The highest BCUT2D eigenvalue weighted by Gasteiger charge is 2.40. The molecule has 1 unspecified atom stereocenters. The van der Waals surface area contributed by atoms with Crippen LogP contribution < -0.4 is 5.32 Å². The fraction of sp³-hybridized carbons (Fsp3) is 0.286. The van der Waals surface area contributed by atoms with Crippen LogP contribution in [0.15, 0.2) is 51.8 Å². The molecule has 2 aromatic carbocycles. The van der Waals surface area contributed by atoms with E-state index in [2.05, 4.69) is 15.5 Å². The smallest absolute Gasteiger partial charge is 0.322 e. The third kappa shape index (κ3) is 4.21. The maximum absolute atomic E-state index is 13.2. The van der Waals surface area contributed by atoms with Crippen molar-refractivity contribution in [3.63, 3.8) is 0 Å².